The zero-order valence-electron chi connectivity index (χ0n) is 21.4. The summed E-state index contributed by atoms with van der Waals surface area (Å²) in [4.78, 5) is 15.0. The van der Waals surface area contributed by atoms with Crippen molar-refractivity contribution in [2.45, 2.75) is 59.8 Å². The first-order chi connectivity index (χ1) is 16.0. The highest BCUT2D eigenvalue weighted by Crippen LogP contribution is 2.47. The van der Waals surface area contributed by atoms with Crippen LogP contribution < -0.4 is 4.90 Å². The van der Waals surface area contributed by atoms with Gasteiger partial charge in [-0.25, -0.2) is 4.79 Å². The van der Waals surface area contributed by atoms with Crippen molar-refractivity contribution < 1.29 is 19.4 Å². The van der Waals surface area contributed by atoms with Gasteiger partial charge in [-0.15, -0.1) is 0 Å². The topological polar surface area (TPSA) is 63.9 Å². The van der Waals surface area contributed by atoms with Gasteiger partial charge in [0, 0.05) is 43.4 Å². The number of carboxylic acid groups (broad SMARTS) is 1. The molecule has 0 bridgehead atoms. The quantitative estimate of drug-likeness (QED) is 0.490. The molecule has 1 aliphatic rings. The second-order valence-corrected chi connectivity index (χ2v) is 10.3. The first-order valence-corrected chi connectivity index (χ1v) is 11.9. The summed E-state index contributed by atoms with van der Waals surface area (Å²) in [7, 11) is 1.71. The Morgan fingerprint density at radius 2 is 1.79 bits per heavy atom. The molecule has 0 amide bonds. The number of aliphatic carboxylic acids is 1. The van der Waals surface area contributed by atoms with Crippen LogP contribution in [-0.2, 0) is 20.8 Å². The van der Waals surface area contributed by atoms with Crippen LogP contribution in [0.4, 0.5) is 5.69 Å². The Kier molecular flexibility index (Phi) is 6.49. The van der Waals surface area contributed by atoms with E-state index in [1.165, 1.54) is 5.69 Å². The van der Waals surface area contributed by atoms with E-state index in [4.69, 9.17) is 9.47 Å². The molecule has 1 aliphatic heterocycles. The molecule has 3 aromatic rings. The Balaban J connectivity index is 2.12. The molecule has 0 spiro atoms. The minimum absolute atomic E-state index is 0.608. The summed E-state index contributed by atoms with van der Waals surface area (Å²) in [6, 6.07) is 10.5. The molecule has 182 valence electrons. The Morgan fingerprint density at radius 3 is 2.38 bits per heavy atom. The number of benzene rings is 2. The predicted molar refractivity (Wildman–Crippen MR) is 137 cm³/mol. The maximum absolute atomic E-state index is 12.7. The van der Waals surface area contributed by atoms with Gasteiger partial charge in [-0.1, -0.05) is 29.8 Å². The molecule has 1 aromatic heterocycles. The minimum atomic E-state index is -1.09. The Hall–Kier alpha value is -2.83. The standard InChI is InChI=1S/C28H36N2O4/c1-17-8-10-20(11-9-17)23-21-16-18(2)30-13-12-29(14-15-33-7)24(25(21)30)19(3)22(23)26(27(31)32)34-28(4,5)6/h8-11,16,26H,12-15H2,1-7H3,(H,31,32)/t26-/m0/s1. The van der Waals surface area contributed by atoms with Gasteiger partial charge < -0.3 is 24.0 Å². The normalized spacial score (nSPS) is 14.6. The van der Waals surface area contributed by atoms with Gasteiger partial charge in [-0.2, -0.15) is 0 Å². The summed E-state index contributed by atoms with van der Waals surface area (Å²) in [6.45, 7) is 15.0. The van der Waals surface area contributed by atoms with Gasteiger partial charge in [0.15, 0.2) is 6.10 Å². The first kappa shape index (κ1) is 24.3. The number of anilines is 1. The molecule has 0 radical (unpaired) electrons. The fourth-order valence-electron chi connectivity index (χ4n) is 5.14. The summed E-state index contributed by atoms with van der Waals surface area (Å²) in [5.74, 6) is -0.978. The van der Waals surface area contributed by atoms with Crippen molar-refractivity contribution >= 4 is 22.6 Å². The van der Waals surface area contributed by atoms with Crippen LogP contribution in [0.15, 0.2) is 30.3 Å². The molecular weight excluding hydrogens is 428 g/mol. The first-order valence-electron chi connectivity index (χ1n) is 11.9. The number of rotatable bonds is 7. The fraction of sp³-hybridized carbons (Fsp3) is 0.464. The predicted octanol–water partition coefficient (Wildman–Crippen LogP) is 5.64. The van der Waals surface area contributed by atoms with E-state index in [1.54, 1.807) is 7.11 Å². The number of hydrogen-bond donors (Lipinski definition) is 1. The lowest BCUT2D eigenvalue weighted by molar-refractivity contribution is -0.160. The van der Waals surface area contributed by atoms with Gasteiger partial charge in [0.05, 0.1) is 23.4 Å². The molecular formula is C28H36N2O4. The smallest absolute Gasteiger partial charge is 0.337 e. The highest BCUT2D eigenvalue weighted by molar-refractivity contribution is 6.07. The van der Waals surface area contributed by atoms with Crippen molar-refractivity contribution in [1.29, 1.82) is 0 Å². The minimum Gasteiger partial charge on any atom is -0.479 e. The molecule has 0 aliphatic carbocycles. The van der Waals surface area contributed by atoms with Crippen molar-refractivity contribution in [2.75, 3.05) is 31.7 Å². The van der Waals surface area contributed by atoms with Gasteiger partial charge in [0.1, 0.15) is 0 Å². The molecule has 0 unspecified atom stereocenters. The lowest BCUT2D eigenvalue weighted by atomic mass is 9.87. The molecule has 4 rings (SSSR count). The number of ether oxygens (including phenoxy) is 2. The van der Waals surface area contributed by atoms with Crippen LogP contribution >= 0.6 is 0 Å². The maximum atomic E-state index is 12.7. The molecule has 0 saturated carbocycles. The fourth-order valence-corrected chi connectivity index (χ4v) is 5.14. The molecule has 2 aromatic carbocycles. The molecule has 0 fully saturated rings. The highest BCUT2D eigenvalue weighted by Gasteiger charge is 2.35. The van der Waals surface area contributed by atoms with Crippen molar-refractivity contribution in [2.24, 2.45) is 0 Å². The van der Waals surface area contributed by atoms with Crippen LogP contribution in [0.5, 0.6) is 0 Å². The van der Waals surface area contributed by atoms with E-state index >= 15 is 0 Å². The largest absolute Gasteiger partial charge is 0.479 e. The molecule has 1 N–H and O–H groups in total. The van der Waals surface area contributed by atoms with Crippen LogP contribution in [-0.4, -0.2) is 48.1 Å². The van der Waals surface area contributed by atoms with Gasteiger partial charge in [0.2, 0.25) is 0 Å². The lowest BCUT2D eigenvalue weighted by Gasteiger charge is -2.36. The average molecular weight is 465 g/mol. The van der Waals surface area contributed by atoms with E-state index in [-0.39, 0.29) is 0 Å². The third-order valence-corrected chi connectivity index (χ3v) is 6.60. The third-order valence-electron chi connectivity index (χ3n) is 6.60. The van der Waals surface area contributed by atoms with Crippen LogP contribution in [0, 0.1) is 20.8 Å². The zero-order chi connectivity index (χ0) is 24.8. The van der Waals surface area contributed by atoms with E-state index in [1.807, 2.05) is 27.7 Å². The number of aryl methyl sites for hydroxylation is 2. The van der Waals surface area contributed by atoms with E-state index in [0.717, 1.165) is 64.0 Å². The van der Waals surface area contributed by atoms with Gasteiger partial charge in [0.25, 0.3) is 0 Å². The summed E-state index contributed by atoms with van der Waals surface area (Å²) < 4.78 is 14.0. The lowest BCUT2D eigenvalue weighted by Crippen LogP contribution is -2.36. The van der Waals surface area contributed by atoms with Crippen LogP contribution in [0.2, 0.25) is 0 Å². The van der Waals surface area contributed by atoms with Crippen LogP contribution in [0.25, 0.3) is 22.0 Å². The van der Waals surface area contributed by atoms with Crippen molar-refractivity contribution in [1.82, 2.24) is 4.57 Å². The monoisotopic (exact) mass is 464 g/mol. The van der Waals surface area contributed by atoms with Crippen LogP contribution in [0.3, 0.4) is 0 Å². The van der Waals surface area contributed by atoms with E-state index < -0.39 is 17.7 Å². The number of carboxylic acids is 1. The number of methoxy groups -OCH3 is 1. The van der Waals surface area contributed by atoms with Gasteiger partial charge >= 0.3 is 5.97 Å². The molecule has 6 heteroatoms. The van der Waals surface area contributed by atoms with Crippen LogP contribution in [0.1, 0.15) is 49.3 Å². The molecule has 1 atom stereocenters. The highest BCUT2D eigenvalue weighted by atomic mass is 16.5. The third kappa shape index (κ3) is 4.32. The second-order valence-electron chi connectivity index (χ2n) is 10.3. The maximum Gasteiger partial charge on any atom is 0.337 e. The van der Waals surface area contributed by atoms with E-state index in [2.05, 4.69) is 53.6 Å². The number of hydrogen-bond acceptors (Lipinski definition) is 4. The Labute approximate surface area is 202 Å². The summed E-state index contributed by atoms with van der Waals surface area (Å²) in [6.07, 6.45) is -1.09. The summed E-state index contributed by atoms with van der Waals surface area (Å²) >= 11 is 0. The van der Waals surface area contributed by atoms with E-state index in [0.29, 0.717) is 6.61 Å². The molecule has 34 heavy (non-hydrogen) atoms. The van der Waals surface area contributed by atoms with Crippen molar-refractivity contribution in [3.63, 3.8) is 0 Å². The van der Waals surface area contributed by atoms with Gasteiger partial charge in [-0.05, 0) is 64.3 Å². The zero-order valence-corrected chi connectivity index (χ0v) is 21.4. The van der Waals surface area contributed by atoms with Gasteiger partial charge in [-0.3, -0.25) is 0 Å². The number of carbonyl (C=O) groups is 1. The molecule has 0 saturated heterocycles. The average Bonchev–Trinajstić information content (AvgIpc) is 3.10. The Morgan fingerprint density at radius 1 is 1.12 bits per heavy atom. The Bertz CT molecular complexity index is 1220. The van der Waals surface area contributed by atoms with Crippen molar-refractivity contribution in [3.05, 3.63) is 52.7 Å². The second kappa shape index (κ2) is 9.08. The number of nitrogens with zero attached hydrogens (tertiary/aromatic N) is 2. The molecule has 2 heterocycles. The van der Waals surface area contributed by atoms with Crippen molar-refractivity contribution in [3.8, 4) is 11.1 Å². The summed E-state index contributed by atoms with van der Waals surface area (Å²) in [5.41, 5.74) is 7.60. The number of aromatic nitrogens is 1. The van der Waals surface area contributed by atoms with E-state index in [9.17, 15) is 9.90 Å². The SMILES string of the molecule is COCCN1CCn2c(C)cc3c(-c4ccc(C)cc4)c([C@H](OC(C)(C)C)C(=O)O)c(C)c1c32. The summed E-state index contributed by atoms with van der Waals surface area (Å²) in [5, 5.41) is 11.5. The molecule has 6 nitrogen and oxygen atoms in total.